The van der Waals surface area contributed by atoms with E-state index in [1.807, 2.05) is 0 Å². The maximum Gasteiger partial charge on any atom is 0.326 e. The van der Waals surface area contributed by atoms with Crippen molar-refractivity contribution < 1.29 is 23.1 Å². The lowest BCUT2D eigenvalue weighted by molar-refractivity contribution is -0.141. The Kier molecular flexibility index (Phi) is 5.28. The number of likely N-dealkylation sites (N-methyl/N-ethyl adjacent to an activating group) is 1. The summed E-state index contributed by atoms with van der Waals surface area (Å²) in [6.07, 6.45) is 0.267. The number of hydrogen-bond donors (Lipinski definition) is 3. The van der Waals surface area contributed by atoms with Crippen LogP contribution in [0.5, 0.6) is 0 Å². The molecule has 0 aliphatic heterocycles. The first-order chi connectivity index (χ1) is 9.66. The summed E-state index contributed by atoms with van der Waals surface area (Å²) in [7, 11) is -2.42. The Labute approximate surface area is 122 Å². The van der Waals surface area contributed by atoms with Gasteiger partial charge >= 0.3 is 12.0 Å². The van der Waals surface area contributed by atoms with Crippen LogP contribution < -0.4 is 10.5 Å². The number of rotatable bonds is 5. The van der Waals surface area contributed by atoms with Gasteiger partial charge in [0.15, 0.2) is 0 Å². The monoisotopic (exact) mass is 315 g/mol. The molecule has 0 bridgehead atoms. The third kappa shape index (κ3) is 4.43. The summed E-state index contributed by atoms with van der Waals surface area (Å²) in [5.74, 6) is -1.10. The van der Waals surface area contributed by atoms with E-state index in [9.17, 15) is 18.0 Å². The fourth-order valence-electron chi connectivity index (χ4n) is 1.70. The Morgan fingerprint density at radius 1 is 1.33 bits per heavy atom. The zero-order valence-electron chi connectivity index (χ0n) is 11.6. The van der Waals surface area contributed by atoms with E-state index in [1.54, 1.807) is 6.92 Å². The van der Waals surface area contributed by atoms with E-state index in [0.29, 0.717) is 5.69 Å². The summed E-state index contributed by atoms with van der Waals surface area (Å²) < 4.78 is 22.2. The van der Waals surface area contributed by atoms with Gasteiger partial charge in [0.05, 0.1) is 4.90 Å². The lowest BCUT2D eigenvalue weighted by atomic mass is 10.2. The molecule has 1 rings (SSSR count). The van der Waals surface area contributed by atoms with Crippen LogP contribution in [0.1, 0.15) is 13.3 Å². The molecule has 0 saturated carbocycles. The maximum atomic E-state index is 11.9. The molecule has 0 fully saturated rings. The number of nitrogens with two attached hydrogens (primary N) is 1. The maximum absolute atomic E-state index is 11.9. The molecule has 1 atom stereocenters. The van der Waals surface area contributed by atoms with Gasteiger partial charge in [-0.3, -0.25) is 0 Å². The number of carbonyl (C=O) groups is 2. The van der Waals surface area contributed by atoms with Crippen LogP contribution in [-0.2, 0) is 14.8 Å². The second kappa shape index (κ2) is 6.55. The van der Waals surface area contributed by atoms with Crippen molar-refractivity contribution in [2.45, 2.75) is 24.3 Å². The average molecular weight is 315 g/mol. The Morgan fingerprint density at radius 3 is 2.24 bits per heavy atom. The third-order valence-corrected chi connectivity index (χ3v) is 3.82. The minimum absolute atomic E-state index is 0.0779. The molecule has 0 spiro atoms. The molecule has 2 amide bonds. The summed E-state index contributed by atoms with van der Waals surface area (Å²) in [5, 5.41) is 16.4. The van der Waals surface area contributed by atoms with E-state index in [-0.39, 0.29) is 11.3 Å². The Balaban J connectivity index is 2.82. The first kappa shape index (κ1) is 16.9. The first-order valence-corrected chi connectivity index (χ1v) is 7.61. The predicted octanol–water partition coefficient (Wildman–Crippen LogP) is 0.661. The molecule has 0 radical (unpaired) electrons. The van der Waals surface area contributed by atoms with Gasteiger partial charge in [-0.2, -0.15) is 0 Å². The van der Waals surface area contributed by atoms with Gasteiger partial charge in [-0.1, -0.05) is 6.92 Å². The van der Waals surface area contributed by atoms with Crippen LogP contribution in [0.4, 0.5) is 10.5 Å². The lowest BCUT2D eigenvalue weighted by Gasteiger charge is -2.24. The molecule has 1 aromatic carbocycles. The number of nitrogens with zero attached hydrogens (tertiary/aromatic N) is 1. The highest BCUT2D eigenvalue weighted by Crippen LogP contribution is 2.14. The van der Waals surface area contributed by atoms with E-state index in [2.05, 4.69) is 5.32 Å². The largest absolute Gasteiger partial charge is 0.480 e. The molecule has 0 heterocycles. The Hall–Kier alpha value is -2.13. The van der Waals surface area contributed by atoms with Crippen molar-refractivity contribution in [2.24, 2.45) is 5.14 Å². The second-order valence-electron chi connectivity index (χ2n) is 4.37. The summed E-state index contributed by atoms with van der Waals surface area (Å²) in [5.41, 5.74) is 0.333. The number of anilines is 1. The van der Waals surface area contributed by atoms with E-state index < -0.39 is 28.1 Å². The quantitative estimate of drug-likeness (QED) is 0.735. The number of primary sulfonamides is 1. The minimum Gasteiger partial charge on any atom is -0.480 e. The number of aliphatic carboxylic acids is 1. The fraction of sp³-hybridized carbons (Fsp3) is 0.333. The van der Waals surface area contributed by atoms with Gasteiger partial charge in [0, 0.05) is 12.7 Å². The number of amides is 2. The number of carboxylic acid groups (broad SMARTS) is 1. The van der Waals surface area contributed by atoms with Crippen LogP contribution in [0.2, 0.25) is 0 Å². The molecule has 0 aliphatic rings. The van der Waals surface area contributed by atoms with Crippen molar-refractivity contribution in [3.8, 4) is 0 Å². The van der Waals surface area contributed by atoms with Gasteiger partial charge in [-0.15, -0.1) is 0 Å². The minimum atomic E-state index is -3.79. The molecule has 8 nitrogen and oxygen atoms in total. The average Bonchev–Trinajstić information content (AvgIpc) is 2.38. The highest BCUT2D eigenvalue weighted by Gasteiger charge is 2.24. The van der Waals surface area contributed by atoms with Gasteiger partial charge in [0.2, 0.25) is 10.0 Å². The van der Waals surface area contributed by atoms with E-state index >= 15 is 0 Å². The molecule has 0 aliphatic carbocycles. The molecule has 0 aromatic heterocycles. The number of benzene rings is 1. The number of hydrogen-bond acceptors (Lipinski definition) is 4. The Bertz CT molecular complexity index is 627. The van der Waals surface area contributed by atoms with Crippen LogP contribution in [0, 0.1) is 0 Å². The number of nitrogens with one attached hydrogen (secondary N) is 1. The van der Waals surface area contributed by atoms with Crippen LogP contribution in [0.15, 0.2) is 29.2 Å². The first-order valence-electron chi connectivity index (χ1n) is 6.06. The van der Waals surface area contributed by atoms with E-state index in [4.69, 9.17) is 10.2 Å². The molecule has 116 valence electrons. The van der Waals surface area contributed by atoms with Crippen molar-refractivity contribution in [1.29, 1.82) is 0 Å². The van der Waals surface area contributed by atoms with Crippen molar-refractivity contribution in [3.63, 3.8) is 0 Å². The highest BCUT2D eigenvalue weighted by atomic mass is 32.2. The van der Waals surface area contributed by atoms with Gasteiger partial charge < -0.3 is 15.3 Å². The smallest absolute Gasteiger partial charge is 0.326 e. The van der Waals surface area contributed by atoms with E-state index in [1.165, 1.54) is 31.3 Å². The molecule has 1 aromatic rings. The SMILES string of the molecule is CCC(C(=O)O)N(C)C(=O)Nc1ccc(S(N)(=O)=O)cc1. The molecule has 21 heavy (non-hydrogen) atoms. The number of urea groups is 1. The van der Waals surface area contributed by atoms with Crippen molar-refractivity contribution in [2.75, 3.05) is 12.4 Å². The Morgan fingerprint density at radius 2 is 1.86 bits per heavy atom. The summed E-state index contributed by atoms with van der Waals surface area (Å²) in [4.78, 5) is 23.9. The molecule has 0 saturated heterocycles. The molecule has 1 unspecified atom stereocenters. The lowest BCUT2D eigenvalue weighted by Crippen LogP contribution is -2.44. The number of sulfonamides is 1. The van der Waals surface area contributed by atoms with Crippen molar-refractivity contribution >= 4 is 27.7 Å². The third-order valence-electron chi connectivity index (χ3n) is 2.89. The van der Waals surface area contributed by atoms with Gasteiger partial charge in [-0.25, -0.2) is 23.1 Å². The molecule has 4 N–H and O–H groups in total. The van der Waals surface area contributed by atoms with Crippen LogP contribution in [0.3, 0.4) is 0 Å². The van der Waals surface area contributed by atoms with E-state index in [0.717, 1.165) is 4.90 Å². The van der Waals surface area contributed by atoms with Crippen LogP contribution >= 0.6 is 0 Å². The van der Waals surface area contributed by atoms with Gasteiger partial charge in [-0.05, 0) is 30.7 Å². The highest BCUT2D eigenvalue weighted by molar-refractivity contribution is 7.89. The second-order valence-corrected chi connectivity index (χ2v) is 5.93. The van der Waals surface area contributed by atoms with Crippen LogP contribution in [0.25, 0.3) is 0 Å². The topological polar surface area (TPSA) is 130 Å². The summed E-state index contributed by atoms with van der Waals surface area (Å²) in [6.45, 7) is 1.66. The van der Waals surface area contributed by atoms with Gasteiger partial charge in [0.25, 0.3) is 0 Å². The zero-order chi connectivity index (χ0) is 16.2. The number of carboxylic acids is 1. The standard InChI is InChI=1S/C12H17N3O5S/c1-3-10(11(16)17)15(2)12(18)14-8-4-6-9(7-5-8)21(13,19)20/h4-7,10H,3H2,1-2H3,(H,14,18)(H,16,17)(H2,13,19,20). The molecular weight excluding hydrogens is 298 g/mol. The summed E-state index contributed by atoms with van der Waals surface area (Å²) in [6, 6.07) is 3.69. The van der Waals surface area contributed by atoms with Crippen molar-refractivity contribution in [3.05, 3.63) is 24.3 Å². The molecular formula is C12H17N3O5S. The zero-order valence-corrected chi connectivity index (χ0v) is 12.4. The summed E-state index contributed by atoms with van der Waals surface area (Å²) >= 11 is 0. The molecule has 9 heteroatoms. The fourth-order valence-corrected chi connectivity index (χ4v) is 2.21. The van der Waals surface area contributed by atoms with Crippen LogP contribution in [-0.4, -0.2) is 43.5 Å². The predicted molar refractivity (Wildman–Crippen MR) is 76.3 cm³/mol. The van der Waals surface area contributed by atoms with Gasteiger partial charge in [0.1, 0.15) is 6.04 Å². The van der Waals surface area contributed by atoms with Crippen molar-refractivity contribution in [1.82, 2.24) is 4.90 Å². The number of carbonyl (C=O) groups excluding carboxylic acids is 1. The normalized spacial score (nSPS) is 12.5.